The van der Waals surface area contributed by atoms with Crippen LogP contribution in [0.4, 0.5) is 11.4 Å². The van der Waals surface area contributed by atoms with Crippen molar-refractivity contribution in [1.82, 2.24) is 0 Å². The van der Waals surface area contributed by atoms with E-state index in [-0.39, 0.29) is 17.6 Å². The van der Waals surface area contributed by atoms with E-state index in [0.29, 0.717) is 35.7 Å². The number of carboxylic acids is 1. The molecule has 1 saturated heterocycles. The van der Waals surface area contributed by atoms with Crippen molar-refractivity contribution >= 4 is 29.2 Å². The summed E-state index contributed by atoms with van der Waals surface area (Å²) in [4.78, 5) is 37.2. The van der Waals surface area contributed by atoms with Gasteiger partial charge in [0.15, 0.2) is 6.61 Å². The molecule has 2 amide bonds. The first-order chi connectivity index (χ1) is 14.0. The van der Waals surface area contributed by atoms with E-state index in [0.717, 1.165) is 12.8 Å². The number of nitrogens with one attached hydrogen (secondary N) is 1. The molecular formula is C21H22N2O6. The highest BCUT2D eigenvalue weighted by Crippen LogP contribution is 2.33. The molecule has 1 heterocycles. The Balaban J connectivity index is 1.78. The van der Waals surface area contributed by atoms with Crippen LogP contribution in [0.25, 0.3) is 0 Å². The van der Waals surface area contributed by atoms with Crippen LogP contribution in [0.3, 0.4) is 0 Å². The number of rotatable bonds is 7. The van der Waals surface area contributed by atoms with Gasteiger partial charge in [-0.25, -0.2) is 4.79 Å². The first-order valence-corrected chi connectivity index (χ1v) is 9.22. The SMILES string of the molecule is COc1ccc(NC(=O)c2cccc(OCC(=O)O)c2)cc1N1CCCCC1=O. The highest BCUT2D eigenvalue weighted by molar-refractivity contribution is 6.05. The molecule has 8 nitrogen and oxygen atoms in total. The van der Waals surface area contributed by atoms with Crippen molar-refractivity contribution in [3.8, 4) is 11.5 Å². The van der Waals surface area contributed by atoms with Gasteiger partial charge in [0.05, 0.1) is 12.8 Å². The third-order valence-corrected chi connectivity index (χ3v) is 4.51. The lowest BCUT2D eigenvalue weighted by molar-refractivity contribution is -0.139. The summed E-state index contributed by atoms with van der Waals surface area (Å²) in [6.45, 7) is 0.117. The Morgan fingerprint density at radius 3 is 2.72 bits per heavy atom. The molecule has 2 aromatic carbocycles. The van der Waals surface area contributed by atoms with E-state index in [4.69, 9.17) is 14.6 Å². The first kappa shape index (κ1) is 20.2. The minimum Gasteiger partial charge on any atom is -0.495 e. The molecule has 1 aliphatic rings. The number of methoxy groups -OCH3 is 1. The first-order valence-electron chi connectivity index (χ1n) is 9.22. The van der Waals surface area contributed by atoms with E-state index in [9.17, 15) is 14.4 Å². The Kier molecular flexibility index (Phi) is 6.33. The zero-order valence-electron chi connectivity index (χ0n) is 16.0. The zero-order chi connectivity index (χ0) is 20.8. The highest BCUT2D eigenvalue weighted by Gasteiger charge is 2.23. The maximum Gasteiger partial charge on any atom is 0.341 e. The van der Waals surface area contributed by atoms with Crippen LogP contribution >= 0.6 is 0 Å². The molecule has 1 fully saturated rings. The van der Waals surface area contributed by atoms with E-state index < -0.39 is 12.6 Å². The molecule has 2 N–H and O–H groups in total. The van der Waals surface area contributed by atoms with Gasteiger partial charge in [0.1, 0.15) is 11.5 Å². The van der Waals surface area contributed by atoms with Crippen LogP contribution in [-0.4, -0.2) is 43.2 Å². The van der Waals surface area contributed by atoms with Gasteiger partial charge in [-0.3, -0.25) is 9.59 Å². The number of carbonyl (C=O) groups excluding carboxylic acids is 2. The van der Waals surface area contributed by atoms with Crippen LogP contribution in [0.15, 0.2) is 42.5 Å². The Bertz CT molecular complexity index is 927. The lowest BCUT2D eigenvalue weighted by Gasteiger charge is -2.28. The number of hydrogen-bond acceptors (Lipinski definition) is 5. The maximum absolute atomic E-state index is 12.6. The van der Waals surface area contributed by atoms with Gasteiger partial charge in [-0.05, 0) is 49.2 Å². The van der Waals surface area contributed by atoms with Gasteiger partial charge in [-0.15, -0.1) is 0 Å². The number of carbonyl (C=O) groups is 3. The molecule has 1 aliphatic heterocycles. The van der Waals surface area contributed by atoms with Crippen molar-refractivity contribution < 1.29 is 29.0 Å². The van der Waals surface area contributed by atoms with Crippen LogP contribution in [0.1, 0.15) is 29.6 Å². The molecule has 152 valence electrons. The molecule has 0 radical (unpaired) electrons. The summed E-state index contributed by atoms with van der Waals surface area (Å²) in [5.41, 5.74) is 1.45. The average molecular weight is 398 g/mol. The summed E-state index contributed by atoms with van der Waals surface area (Å²) in [5, 5.41) is 11.5. The monoisotopic (exact) mass is 398 g/mol. The summed E-state index contributed by atoms with van der Waals surface area (Å²) in [7, 11) is 1.54. The standard InChI is InChI=1S/C21H22N2O6/c1-28-18-9-8-15(12-17(18)23-10-3-2-7-19(23)24)22-21(27)14-5-4-6-16(11-14)29-13-20(25)26/h4-6,8-9,11-12H,2-3,7,10,13H2,1H3,(H,22,27)(H,25,26). The summed E-state index contributed by atoms with van der Waals surface area (Å²) in [6, 6.07) is 11.4. The van der Waals surface area contributed by atoms with Gasteiger partial charge in [-0.2, -0.15) is 0 Å². The Morgan fingerprint density at radius 1 is 1.17 bits per heavy atom. The Labute approximate surface area is 168 Å². The normalized spacial score (nSPS) is 13.7. The molecule has 2 aromatic rings. The van der Waals surface area contributed by atoms with Crippen molar-refractivity contribution in [3.05, 3.63) is 48.0 Å². The highest BCUT2D eigenvalue weighted by atomic mass is 16.5. The quantitative estimate of drug-likeness (QED) is 0.743. The van der Waals surface area contributed by atoms with Gasteiger partial charge in [-0.1, -0.05) is 6.07 Å². The van der Waals surface area contributed by atoms with Crippen LogP contribution in [0.5, 0.6) is 11.5 Å². The minimum atomic E-state index is -1.10. The van der Waals surface area contributed by atoms with Gasteiger partial charge in [0.25, 0.3) is 5.91 Å². The molecule has 0 atom stereocenters. The van der Waals surface area contributed by atoms with E-state index in [1.807, 2.05) is 0 Å². The summed E-state index contributed by atoms with van der Waals surface area (Å²) < 4.78 is 10.5. The van der Waals surface area contributed by atoms with Gasteiger partial charge >= 0.3 is 5.97 Å². The lowest BCUT2D eigenvalue weighted by atomic mass is 10.1. The van der Waals surface area contributed by atoms with Gasteiger partial charge in [0.2, 0.25) is 5.91 Å². The van der Waals surface area contributed by atoms with E-state index in [1.54, 1.807) is 41.3 Å². The van der Waals surface area contributed by atoms with E-state index in [2.05, 4.69) is 5.32 Å². The van der Waals surface area contributed by atoms with Crippen molar-refractivity contribution in [2.24, 2.45) is 0 Å². The average Bonchev–Trinajstić information content (AvgIpc) is 2.73. The summed E-state index contributed by atoms with van der Waals surface area (Å²) >= 11 is 0. The summed E-state index contributed by atoms with van der Waals surface area (Å²) in [6.07, 6.45) is 2.27. The number of amides is 2. The molecule has 8 heteroatoms. The summed E-state index contributed by atoms with van der Waals surface area (Å²) in [5.74, 6) is -0.609. The number of ether oxygens (including phenoxy) is 2. The molecule has 0 saturated carbocycles. The number of aliphatic carboxylic acids is 1. The topological polar surface area (TPSA) is 105 Å². The van der Waals surface area contributed by atoms with Crippen LogP contribution in [-0.2, 0) is 9.59 Å². The molecule has 0 aromatic heterocycles. The van der Waals surface area contributed by atoms with Crippen molar-refractivity contribution in [1.29, 1.82) is 0 Å². The largest absolute Gasteiger partial charge is 0.495 e. The van der Waals surface area contributed by atoms with Gasteiger partial charge in [0, 0.05) is 24.2 Å². The second kappa shape index (κ2) is 9.09. The third kappa shape index (κ3) is 5.04. The van der Waals surface area contributed by atoms with E-state index in [1.165, 1.54) is 13.2 Å². The van der Waals surface area contributed by atoms with Crippen molar-refractivity contribution in [3.63, 3.8) is 0 Å². The number of benzene rings is 2. The van der Waals surface area contributed by atoms with Gasteiger partial charge < -0.3 is 24.8 Å². The van der Waals surface area contributed by atoms with E-state index >= 15 is 0 Å². The third-order valence-electron chi connectivity index (χ3n) is 4.51. The molecule has 0 aliphatic carbocycles. The smallest absolute Gasteiger partial charge is 0.341 e. The fourth-order valence-electron chi connectivity index (χ4n) is 3.11. The lowest BCUT2D eigenvalue weighted by Crippen LogP contribution is -2.35. The second-order valence-electron chi connectivity index (χ2n) is 6.55. The van der Waals surface area contributed by atoms with Crippen LogP contribution in [0, 0.1) is 0 Å². The number of nitrogens with zero attached hydrogens (tertiary/aromatic N) is 1. The fourth-order valence-corrected chi connectivity index (χ4v) is 3.11. The molecule has 0 spiro atoms. The Hall–Kier alpha value is -3.55. The fraction of sp³-hybridized carbons (Fsp3) is 0.286. The molecule has 29 heavy (non-hydrogen) atoms. The predicted molar refractivity (Wildman–Crippen MR) is 107 cm³/mol. The van der Waals surface area contributed by atoms with Crippen molar-refractivity contribution in [2.45, 2.75) is 19.3 Å². The zero-order valence-corrected chi connectivity index (χ0v) is 16.0. The molecule has 0 bridgehead atoms. The predicted octanol–water partition coefficient (Wildman–Crippen LogP) is 2.93. The molecule has 3 rings (SSSR count). The van der Waals surface area contributed by atoms with Crippen LogP contribution in [0.2, 0.25) is 0 Å². The van der Waals surface area contributed by atoms with Crippen LogP contribution < -0.4 is 19.7 Å². The second-order valence-corrected chi connectivity index (χ2v) is 6.55. The minimum absolute atomic E-state index is 0.0290. The van der Waals surface area contributed by atoms with Crippen molar-refractivity contribution in [2.75, 3.05) is 30.5 Å². The number of carboxylic acid groups (broad SMARTS) is 1. The molecule has 0 unspecified atom stereocenters. The number of hydrogen-bond donors (Lipinski definition) is 2. The Morgan fingerprint density at radius 2 is 2.00 bits per heavy atom. The maximum atomic E-state index is 12.6. The number of piperidine rings is 1. The number of anilines is 2. The molecular weight excluding hydrogens is 376 g/mol.